The largest absolute Gasteiger partial charge is 0.458 e. The molecule has 9 atom stereocenters. The monoisotopic (exact) mass is 684 g/mol. The Morgan fingerprint density at radius 2 is 1.59 bits per heavy atom. The van der Waals surface area contributed by atoms with Gasteiger partial charge in [0, 0.05) is 45.3 Å². The first-order valence-electron chi connectivity index (χ1n) is 17.0. The van der Waals surface area contributed by atoms with Gasteiger partial charge in [-0.3, -0.25) is 23.9 Å². The van der Waals surface area contributed by atoms with Crippen molar-refractivity contribution in [1.29, 1.82) is 0 Å². The summed E-state index contributed by atoms with van der Waals surface area (Å²) in [5.41, 5.74) is -1.27. The Kier molecular flexibility index (Phi) is 13.8. The minimum Gasteiger partial charge on any atom is -0.458 e. The second kappa shape index (κ2) is 17.1. The van der Waals surface area contributed by atoms with Gasteiger partial charge in [0.05, 0.1) is 0 Å². The third-order valence-electron chi connectivity index (χ3n) is 10.0. The fourth-order valence-electron chi connectivity index (χ4n) is 7.71. The highest BCUT2D eigenvalue weighted by Gasteiger charge is 2.75. The molecule has 11 heteroatoms. The van der Waals surface area contributed by atoms with E-state index in [9.17, 15) is 24.0 Å². The number of rotatable bonds is 15. The molecule has 1 heterocycles. The molecule has 1 aliphatic heterocycles. The number of unbranched alkanes of at least 4 members (excludes halogenated alkanes) is 3. The lowest BCUT2D eigenvalue weighted by atomic mass is 9.44. The molecule has 0 radical (unpaired) electrons. The summed E-state index contributed by atoms with van der Waals surface area (Å²) in [4.78, 5) is 63.8. The first kappa shape index (κ1) is 39.4. The van der Waals surface area contributed by atoms with Crippen LogP contribution in [0.1, 0.15) is 93.4 Å². The molecule has 0 N–H and O–H groups in total. The molecular weight excluding hydrogens is 632 g/mol. The second-order valence-corrected chi connectivity index (χ2v) is 13.4. The SMILES string of the molecule is C=CC(=C)CC[C@]1(C)[C@H](C)[C@@H](OC(C)=O)[C@H](OC(=O)/C=C\C=C\CCCCC)[C@@]23C(=C[C@H](OC(C)=O)C[C@@H]12)[C@@H](OC(C)=O)O[C@@H]3OC(C)=O. The Balaban J connectivity index is 2.31. The van der Waals surface area contributed by atoms with E-state index in [-0.39, 0.29) is 12.0 Å². The van der Waals surface area contributed by atoms with Gasteiger partial charge < -0.3 is 23.7 Å². The highest BCUT2D eigenvalue weighted by Crippen LogP contribution is 2.68. The minimum absolute atomic E-state index is 0.204. The summed E-state index contributed by atoms with van der Waals surface area (Å²) in [6, 6.07) is 0. The van der Waals surface area contributed by atoms with Gasteiger partial charge in [0.25, 0.3) is 0 Å². The molecule has 0 aromatic carbocycles. The molecule has 0 unspecified atom stereocenters. The molecule has 3 aliphatic rings. The standard InChI is InChI=1S/C38H52O11/c1-10-12-13-14-15-16-17-18-32(43)48-34-33(45-26(6)40)24(4)37(9,20-19-23(3)11-2)31-22-29(44-25(5)39)21-30-35(46-27(7)41)49-36(38(30,31)34)47-28(8)42/h11,15-18,21,24,29,31,33-36H,2-3,10,12-14,19-20,22H2,1,4-9H3/b16-15+,18-17-/t24-,29+,31+,33-,34+,35+,36+,37-,38-/m1/s1. The lowest BCUT2D eigenvalue weighted by molar-refractivity contribution is -0.279. The van der Waals surface area contributed by atoms with E-state index in [4.69, 9.17) is 28.4 Å². The van der Waals surface area contributed by atoms with Crippen molar-refractivity contribution in [1.82, 2.24) is 0 Å². The van der Waals surface area contributed by atoms with Crippen LogP contribution in [-0.2, 0) is 52.4 Å². The maximum Gasteiger partial charge on any atom is 0.331 e. The van der Waals surface area contributed by atoms with Crippen molar-refractivity contribution in [2.75, 3.05) is 0 Å². The first-order chi connectivity index (χ1) is 23.1. The van der Waals surface area contributed by atoms with E-state index in [2.05, 4.69) is 20.1 Å². The average Bonchev–Trinajstić information content (AvgIpc) is 3.30. The van der Waals surface area contributed by atoms with Crippen LogP contribution in [0.4, 0.5) is 0 Å². The van der Waals surface area contributed by atoms with Gasteiger partial charge in [0.1, 0.15) is 17.6 Å². The summed E-state index contributed by atoms with van der Waals surface area (Å²) < 4.78 is 35.8. The van der Waals surface area contributed by atoms with Crippen LogP contribution in [0.5, 0.6) is 0 Å². The van der Waals surface area contributed by atoms with E-state index in [0.29, 0.717) is 12.8 Å². The molecule has 270 valence electrons. The third-order valence-corrected chi connectivity index (χ3v) is 10.0. The molecule has 0 bridgehead atoms. The van der Waals surface area contributed by atoms with Crippen molar-refractivity contribution in [3.63, 3.8) is 0 Å². The highest BCUT2D eigenvalue weighted by molar-refractivity contribution is 5.82. The lowest BCUT2D eigenvalue weighted by Gasteiger charge is -2.62. The summed E-state index contributed by atoms with van der Waals surface area (Å²) >= 11 is 0. The van der Waals surface area contributed by atoms with E-state index in [1.807, 2.05) is 19.9 Å². The minimum atomic E-state index is -1.54. The van der Waals surface area contributed by atoms with Gasteiger partial charge in [-0.1, -0.05) is 76.6 Å². The maximum absolute atomic E-state index is 13.6. The number of ether oxygens (including phenoxy) is 6. The van der Waals surface area contributed by atoms with Crippen molar-refractivity contribution in [2.45, 2.75) is 124 Å². The van der Waals surface area contributed by atoms with Crippen LogP contribution in [0.15, 0.2) is 60.8 Å². The first-order valence-corrected chi connectivity index (χ1v) is 17.0. The number of carbonyl (C=O) groups excluding carboxylic acids is 5. The molecule has 1 saturated heterocycles. The van der Waals surface area contributed by atoms with Crippen LogP contribution >= 0.6 is 0 Å². The van der Waals surface area contributed by atoms with E-state index < -0.39 is 83.4 Å². The van der Waals surface area contributed by atoms with Crippen LogP contribution < -0.4 is 0 Å². The average molecular weight is 685 g/mol. The molecule has 2 aliphatic carbocycles. The molecule has 2 fully saturated rings. The number of carbonyl (C=O) groups is 5. The quantitative estimate of drug-likeness (QED) is 0.0474. The van der Waals surface area contributed by atoms with Crippen LogP contribution in [0, 0.1) is 22.7 Å². The highest BCUT2D eigenvalue weighted by atomic mass is 16.8. The third kappa shape index (κ3) is 8.98. The zero-order valence-corrected chi connectivity index (χ0v) is 29.9. The predicted molar refractivity (Wildman–Crippen MR) is 180 cm³/mol. The van der Waals surface area contributed by atoms with Gasteiger partial charge in [-0.15, -0.1) is 0 Å². The van der Waals surface area contributed by atoms with Gasteiger partial charge in [0.15, 0.2) is 6.10 Å². The van der Waals surface area contributed by atoms with Crippen LogP contribution in [-0.4, -0.2) is 60.7 Å². The van der Waals surface area contributed by atoms with E-state index in [0.717, 1.165) is 31.3 Å². The molecule has 0 amide bonds. The summed E-state index contributed by atoms with van der Waals surface area (Å²) in [5, 5.41) is 0. The van der Waals surface area contributed by atoms with Crippen LogP contribution in [0.3, 0.4) is 0 Å². The zero-order valence-electron chi connectivity index (χ0n) is 29.9. The zero-order chi connectivity index (χ0) is 36.5. The van der Waals surface area contributed by atoms with Gasteiger partial charge in [0.2, 0.25) is 12.6 Å². The van der Waals surface area contributed by atoms with Crippen molar-refractivity contribution in [2.24, 2.45) is 22.7 Å². The van der Waals surface area contributed by atoms with Gasteiger partial charge in [-0.05, 0) is 49.5 Å². The van der Waals surface area contributed by atoms with E-state index >= 15 is 0 Å². The number of hydrogen-bond acceptors (Lipinski definition) is 11. The maximum atomic E-state index is 13.6. The lowest BCUT2D eigenvalue weighted by Crippen LogP contribution is -2.69. The summed E-state index contributed by atoms with van der Waals surface area (Å²) in [6.07, 6.45) is 9.13. The Bertz CT molecular complexity index is 1380. The summed E-state index contributed by atoms with van der Waals surface area (Å²) in [6.45, 7) is 18.9. The number of hydrogen-bond donors (Lipinski definition) is 0. The smallest absolute Gasteiger partial charge is 0.331 e. The molecule has 3 rings (SSSR count). The Morgan fingerprint density at radius 1 is 0.939 bits per heavy atom. The molecule has 49 heavy (non-hydrogen) atoms. The molecule has 1 spiro atoms. The Morgan fingerprint density at radius 3 is 2.18 bits per heavy atom. The van der Waals surface area contributed by atoms with Crippen molar-refractivity contribution >= 4 is 29.8 Å². The molecule has 0 aromatic heterocycles. The molecule has 11 nitrogen and oxygen atoms in total. The summed E-state index contributed by atoms with van der Waals surface area (Å²) in [5.74, 6) is -4.35. The molecular formula is C38H52O11. The van der Waals surface area contributed by atoms with Gasteiger partial charge in [-0.2, -0.15) is 0 Å². The second-order valence-electron chi connectivity index (χ2n) is 13.4. The number of esters is 5. The van der Waals surface area contributed by atoms with Crippen LogP contribution in [0.2, 0.25) is 0 Å². The van der Waals surface area contributed by atoms with Gasteiger partial charge >= 0.3 is 29.8 Å². The van der Waals surface area contributed by atoms with Crippen LogP contribution in [0.25, 0.3) is 0 Å². The predicted octanol–water partition coefficient (Wildman–Crippen LogP) is 6.37. The topological polar surface area (TPSA) is 141 Å². The van der Waals surface area contributed by atoms with Crippen molar-refractivity contribution < 1.29 is 52.4 Å². The van der Waals surface area contributed by atoms with Gasteiger partial charge in [-0.25, -0.2) is 4.79 Å². The Hall–Kier alpha value is -3.99. The Labute approximate surface area is 289 Å². The van der Waals surface area contributed by atoms with E-state index in [1.54, 1.807) is 24.3 Å². The molecule has 0 aromatic rings. The number of allylic oxidation sites excluding steroid dienone is 5. The van der Waals surface area contributed by atoms with Crippen molar-refractivity contribution in [3.8, 4) is 0 Å². The summed E-state index contributed by atoms with van der Waals surface area (Å²) in [7, 11) is 0. The fraction of sp³-hybridized carbons (Fsp3) is 0.605. The van der Waals surface area contributed by atoms with Crippen molar-refractivity contribution in [3.05, 3.63) is 60.8 Å². The molecule has 1 saturated carbocycles. The van der Waals surface area contributed by atoms with E-state index in [1.165, 1.54) is 33.8 Å². The fourth-order valence-corrected chi connectivity index (χ4v) is 7.71. The normalized spacial score (nSPS) is 32.0.